The summed E-state index contributed by atoms with van der Waals surface area (Å²) in [6.07, 6.45) is 4.50. The minimum absolute atomic E-state index is 0.623. The lowest BCUT2D eigenvalue weighted by Crippen LogP contribution is -2.03. The fourth-order valence-electron chi connectivity index (χ4n) is 1.26. The summed E-state index contributed by atoms with van der Waals surface area (Å²) in [6.45, 7) is 0.623. The molecule has 68 valence electrons. The van der Waals surface area contributed by atoms with E-state index >= 15 is 0 Å². The van der Waals surface area contributed by atoms with Gasteiger partial charge in [0.05, 0.1) is 17.6 Å². The Morgan fingerprint density at radius 2 is 2.31 bits per heavy atom. The maximum atomic E-state index is 5.42. The van der Waals surface area contributed by atoms with Crippen molar-refractivity contribution in [3.8, 4) is 11.4 Å². The van der Waals surface area contributed by atoms with E-state index in [4.69, 9.17) is 5.73 Å². The molecule has 4 heteroatoms. The maximum absolute atomic E-state index is 5.42. The minimum atomic E-state index is 0.623. The third-order valence-electron chi connectivity index (χ3n) is 1.90. The quantitative estimate of drug-likeness (QED) is 0.650. The van der Waals surface area contributed by atoms with Crippen LogP contribution in [-0.2, 0) is 6.42 Å². The molecule has 0 aliphatic carbocycles. The smallest absolute Gasteiger partial charge is 0.107 e. The molecule has 0 saturated carbocycles. The number of aromatic nitrogens is 3. The first kappa shape index (κ1) is 8.07. The van der Waals surface area contributed by atoms with E-state index in [-0.39, 0.29) is 0 Å². The first-order valence-electron chi connectivity index (χ1n) is 4.28. The zero-order chi connectivity index (χ0) is 9.10. The Labute approximate surface area is 76.2 Å². The standard InChI is InChI=1S/C9H12N4/c10-4-3-9-12-6-8(13-9)7-2-1-5-11-7/h1-2,5-6,11H,3-4,10H2,(H,12,13). The van der Waals surface area contributed by atoms with Gasteiger partial charge in [-0.1, -0.05) is 0 Å². The second-order valence-electron chi connectivity index (χ2n) is 2.87. The highest BCUT2D eigenvalue weighted by Crippen LogP contribution is 2.13. The predicted octanol–water partition coefficient (Wildman–Crippen LogP) is 0.906. The zero-order valence-corrected chi connectivity index (χ0v) is 7.25. The van der Waals surface area contributed by atoms with Crippen LogP contribution < -0.4 is 5.73 Å². The number of rotatable bonds is 3. The molecule has 0 aliphatic rings. The van der Waals surface area contributed by atoms with Crippen molar-refractivity contribution >= 4 is 0 Å². The molecular weight excluding hydrogens is 164 g/mol. The topological polar surface area (TPSA) is 70.5 Å². The molecule has 0 aliphatic heterocycles. The van der Waals surface area contributed by atoms with E-state index in [1.54, 1.807) is 0 Å². The van der Waals surface area contributed by atoms with E-state index in [1.807, 2.05) is 24.5 Å². The Bertz CT molecular complexity index is 361. The van der Waals surface area contributed by atoms with Gasteiger partial charge in [-0.2, -0.15) is 0 Å². The van der Waals surface area contributed by atoms with Crippen LogP contribution in [-0.4, -0.2) is 21.5 Å². The summed E-state index contributed by atoms with van der Waals surface area (Å²) in [6, 6.07) is 3.96. The Balaban J connectivity index is 2.23. The van der Waals surface area contributed by atoms with Crippen LogP contribution in [0.15, 0.2) is 24.5 Å². The van der Waals surface area contributed by atoms with Gasteiger partial charge in [0.15, 0.2) is 0 Å². The van der Waals surface area contributed by atoms with Gasteiger partial charge in [0.2, 0.25) is 0 Å². The Hall–Kier alpha value is -1.55. The molecule has 2 aromatic heterocycles. The number of hydrogen-bond acceptors (Lipinski definition) is 2. The molecule has 4 nitrogen and oxygen atoms in total. The number of aromatic amines is 2. The monoisotopic (exact) mass is 176 g/mol. The highest BCUT2D eigenvalue weighted by molar-refractivity contribution is 5.53. The van der Waals surface area contributed by atoms with E-state index in [0.29, 0.717) is 6.54 Å². The number of imidazole rings is 1. The average molecular weight is 176 g/mol. The van der Waals surface area contributed by atoms with E-state index in [2.05, 4.69) is 15.0 Å². The van der Waals surface area contributed by atoms with Crippen LogP contribution in [0.3, 0.4) is 0 Å². The maximum Gasteiger partial charge on any atom is 0.107 e. The van der Waals surface area contributed by atoms with Gasteiger partial charge in [0.1, 0.15) is 5.82 Å². The minimum Gasteiger partial charge on any atom is -0.360 e. The number of hydrogen-bond donors (Lipinski definition) is 3. The van der Waals surface area contributed by atoms with Crippen LogP contribution >= 0.6 is 0 Å². The number of H-pyrrole nitrogens is 2. The second-order valence-corrected chi connectivity index (χ2v) is 2.87. The summed E-state index contributed by atoms with van der Waals surface area (Å²) >= 11 is 0. The highest BCUT2D eigenvalue weighted by Gasteiger charge is 2.01. The molecular formula is C9H12N4. The summed E-state index contributed by atoms with van der Waals surface area (Å²) in [5.74, 6) is 0.937. The Kier molecular flexibility index (Phi) is 2.14. The molecule has 0 unspecified atom stereocenters. The fraction of sp³-hybridized carbons (Fsp3) is 0.222. The molecule has 0 spiro atoms. The number of nitrogens with zero attached hydrogens (tertiary/aromatic N) is 1. The van der Waals surface area contributed by atoms with Gasteiger partial charge in [-0.25, -0.2) is 4.98 Å². The summed E-state index contributed by atoms with van der Waals surface area (Å²) < 4.78 is 0. The molecule has 0 bridgehead atoms. The van der Waals surface area contributed by atoms with Gasteiger partial charge >= 0.3 is 0 Å². The normalized spacial score (nSPS) is 10.5. The highest BCUT2D eigenvalue weighted by atomic mass is 14.9. The summed E-state index contributed by atoms with van der Waals surface area (Å²) in [7, 11) is 0. The lowest BCUT2D eigenvalue weighted by molar-refractivity contribution is 0.895. The van der Waals surface area contributed by atoms with E-state index < -0.39 is 0 Å². The molecule has 13 heavy (non-hydrogen) atoms. The van der Waals surface area contributed by atoms with Crippen molar-refractivity contribution in [2.45, 2.75) is 6.42 Å². The van der Waals surface area contributed by atoms with Gasteiger partial charge in [-0.3, -0.25) is 0 Å². The zero-order valence-electron chi connectivity index (χ0n) is 7.25. The molecule has 0 amide bonds. The van der Waals surface area contributed by atoms with Crippen LogP contribution in [0.1, 0.15) is 5.82 Å². The lowest BCUT2D eigenvalue weighted by Gasteiger charge is -1.91. The second kappa shape index (κ2) is 3.45. The molecule has 2 aromatic rings. The van der Waals surface area contributed by atoms with E-state index in [1.165, 1.54) is 0 Å². The van der Waals surface area contributed by atoms with Crippen LogP contribution in [0.2, 0.25) is 0 Å². The van der Waals surface area contributed by atoms with Gasteiger partial charge in [0.25, 0.3) is 0 Å². The Morgan fingerprint density at radius 1 is 1.38 bits per heavy atom. The summed E-state index contributed by atoms with van der Waals surface area (Å²) in [5, 5.41) is 0. The van der Waals surface area contributed by atoms with Crippen molar-refractivity contribution in [2.24, 2.45) is 5.73 Å². The molecule has 4 N–H and O–H groups in total. The predicted molar refractivity (Wildman–Crippen MR) is 51.1 cm³/mol. The first-order chi connectivity index (χ1) is 6.40. The van der Waals surface area contributed by atoms with Crippen molar-refractivity contribution in [1.29, 1.82) is 0 Å². The van der Waals surface area contributed by atoms with Crippen LogP contribution in [0.5, 0.6) is 0 Å². The summed E-state index contributed by atoms with van der Waals surface area (Å²) in [5.41, 5.74) is 7.48. The van der Waals surface area contributed by atoms with Crippen LogP contribution in [0.25, 0.3) is 11.4 Å². The third kappa shape index (κ3) is 1.62. The summed E-state index contributed by atoms with van der Waals surface area (Å²) in [4.78, 5) is 10.5. The van der Waals surface area contributed by atoms with Crippen molar-refractivity contribution in [1.82, 2.24) is 15.0 Å². The van der Waals surface area contributed by atoms with Crippen molar-refractivity contribution < 1.29 is 0 Å². The van der Waals surface area contributed by atoms with Crippen molar-refractivity contribution in [2.75, 3.05) is 6.54 Å². The molecule has 2 rings (SSSR count). The largest absolute Gasteiger partial charge is 0.360 e. The van der Waals surface area contributed by atoms with Gasteiger partial charge in [-0.05, 0) is 18.7 Å². The first-order valence-corrected chi connectivity index (χ1v) is 4.28. The van der Waals surface area contributed by atoms with E-state index in [9.17, 15) is 0 Å². The fourth-order valence-corrected chi connectivity index (χ4v) is 1.26. The number of nitrogens with two attached hydrogens (primary N) is 1. The lowest BCUT2D eigenvalue weighted by atomic mass is 10.3. The molecule has 0 atom stereocenters. The third-order valence-corrected chi connectivity index (χ3v) is 1.90. The average Bonchev–Trinajstić information content (AvgIpc) is 2.70. The van der Waals surface area contributed by atoms with E-state index in [0.717, 1.165) is 23.6 Å². The van der Waals surface area contributed by atoms with Crippen molar-refractivity contribution in [3.05, 3.63) is 30.4 Å². The molecule has 0 saturated heterocycles. The van der Waals surface area contributed by atoms with Gasteiger partial charge in [-0.15, -0.1) is 0 Å². The Morgan fingerprint density at radius 3 is 3.00 bits per heavy atom. The SMILES string of the molecule is NCCc1ncc(-c2ccc[nH]2)[nH]1. The van der Waals surface area contributed by atoms with Gasteiger partial charge < -0.3 is 15.7 Å². The molecule has 0 aromatic carbocycles. The van der Waals surface area contributed by atoms with Crippen LogP contribution in [0, 0.1) is 0 Å². The van der Waals surface area contributed by atoms with Gasteiger partial charge in [0, 0.05) is 12.6 Å². The molecule has 2 heterocycles. The number of nitrogens with one attached hydrogen (secondary N) is 2. The molecule has 0 radical (unpaired) electrons. The van der Waals surface area contributed by atoms with Crippen LogP contribution in [0.4, 0.5) is 0 Å². The van der Waals surface area contributed by atoms with Crippen molar-refractivity contribution in [3.63, 3.8) is 0 Å². The molecule has 0 fully saturated rings.